The topological polar surface area (TPSA) is 97.8 Å². The maximum Gasteiger partial charge on any atom is 0.259 e. The predicted octanol–water partition coefficient (Wildman–Crippen LogP) is 4.23. The molecule has 0 aliphatic rings. The van der Waals surface area contributed by atoms with E-state index in [1.807, 2.05) is 13.8 Å². The first kappa shape index (κ1) is 21.4. The molecule has 2 aromatic carbocycles. The van der Waals surface area contributed by atoms with Crippen molar-refractivity contribution in [2.45, 2.75) is 26.1 Å². The van der Waals surface area contributed by atoms with E-state index in [1.54, 1.807) is 36.4 Å². The van der Waals surface area contributed by atoms with Gasteiger partial charge in [-0.2, -0.15) is 4.98 Å². The lowest BCUT2D eigenvalue weighted by molar-refractivity contribution is 0.0536. The summed E-state index contributed by atoms with van der Waals surface area (Å²) in [4.78, 5) is 4.38. The summed E-state index contributed by atoms with van der Waals surface area (Å²) in [5, 5.41) is 23.0. The van der Waals surface area contributed by atoms with Crippen LogP contribution in [0.5, 0.6) is 11.5 Å². The maximum absolute atomic E-state index is 9.35. The molecule has 0 aliphatic carbocycles. The molecular formula is C20H20Cl2N2O5. The van der Waals surface area contributed by atoms with Crippen LogP contribution in [0, 0.1) is 0 Å². The van der Waals surface area contributed by atoms with Crippen LogP contribution >= 0.6 is 23.2 Å². The number of ether oxygens (including phenoxy) is 2. The minimum Gasteiger partial charge on any atom is -0.491 e. The molecule has 1 atom stereocenters. The molecule has 0 saturated carbocycles. The molecule has 3 rings (SSSR count). The highest BCUT2D eigenvalue weighted by Gasteiger charge is 2.16. The summed E-state index contributed by atoms with van der Waals surface area (Å²) >= 11 is 12.6. The average Bonchev–Trinajstić information content (AvgIpc) is 3.17. The van der Waals surface area contributed by atoms with E-state index in [4.69, 9.17) is 42.3 Å². The molecule has 154 valence electrons. The Morgan fingerprint density at radius 3 is 2.55 bits per heavy atom. The zero-order chi connectivity index (χ0) is 21.0. The van der Waals surface area contributed by atoms with Gasteiger partial charge in [-0.1, -0.05) is 28.4 Å². The highest BCUT2D eigenvalue weighted by Crippen LogP contribution is 2.33. The van der Waals surface area contributed by atoms with Crippen LogP contribution < -0.4 is 9.47 Å². The molecule has 0 unspecified atom stereocenters. The van der Waals surface area contributed by atoms with Crippen LogP contribution in [0.15, 0.2) is 40.9 Å². The summed E-state index contributed by atoms with van der Waals surface area (Å²) in [7, 11) is 0. The van der Waals surface area contributed by atoms with Crippen molar-refractivity contribution in [2.24, 2.45) is 0 Å². The van der Waals surface area contributed by atoms with Crippen molar-refractivity contribution in [3.8, 4) is 34.3 Å². The Labute approximate surface area is 177 Å². The number of halogens is 2. The minimum absolute atomic E-state index is 0.0103. The number of nitrogens with zero attached hydrogens (tertiary/aromatic N) is 2. The Kier molecular flexibility index (Phi) is 6.97. The molecular weight excluding hydrogens is 419 g/mol. The van der Waals surface area contributed by atoms with Gasteiger partial charge in [0.25, 0.3) is 5.89 Å². The average molecular weight is 439 g/mol. The lowest BCUT2D eigenvalue weighted by Gasteiger charge is -2.11. The zero-order valence-corrected chi connectivity index (χ0v) is 17.3. The van der Waals surface area contributed by atoms with Gasteiger partial charge in [-0.05, 0) is 50.2 Å². The second-order valence-corrected chi connectivity index (χ2v) is 7.34. The molecule has 0 radical (unpaired) electrons. The van der Waals surface area contributed by atoms with Crippen LogP contribution in [0.1, 0.15) is 13.8 Å². The minimum atomic E-state index is -0.962. The summed E-state index contributed by atoms with van der Waals surface area (Å²) in [6.45, 7) is 3.41. The lowest BCUT2D eigenvalue weighted by atomic mass is 10.2. The van der Waals surface area contributed by atoms with Crippen molar-refractivity contribution in [2.75, 3.05) is 13.2 Å². The summed E-state index contributed by atoms with van der Waals surface area (Å²) in [6, 6.07) is 10.2. The molecule has 0 aliphatic heterocycles. The third-order valence-corrected chi connectivity index (χ3v) is 4.41. The Balaban J connectivity index is 1.78. The summed E-state index contributed by atoms with van der Waals surface area (Å²) < 4.78 is 16.3. The van der Waals surface area contributed by atoms with E-state index < -0.39 is 6.10 Å². The van der Waals surface area contributed by atoms with Crippen molar-refractivity contribution in [1.29, 1.82) is 0 Å². The van der Waals surface area contributed by atoms with Gasteiger partial charge < -0.3 is 24.2 Å². The van der Waals surface area contributed by atoms with Gasteiger partial charge in [0.1, 0.15) is 24.2 Å². The Hall–Kier alpha value is -2.32. The molecule has 0 fully saturated rings. The number of hydrogen-bond acceptors (Lipinski definition) is 7. The van der Waals surface area contributed by atoms with E-state index in [0.717, 1.165) is 0 Å². The monoisotopic (exact) mass is 438 g/mol. The number of aromatic nitrogens is 2. The molecule has 7 nitrogen and oxygen atoms in total. The second kappa shape index (κ2) is 9.45. The molecule has 9 heteroatoms. The highest BCUT2D eigenvalue weighted by atomic mass is 35.5. The molecule has 2 N–H and O–H groups in total. The Morgan fingerprint density at radius 2 is 1.90 bits per heavy atom. The van der Waals surface area contributed by atoms with Crippen molar-refractivity contribution in [3.05, 3.63) is 46.4 Å². The SMILES string of the molecule is CC(C)Oc1ccc(-c2noc(-c3ccc(OC[C@H](O)CO)cc3Cl)n2)cc1Cl. The third-order valence-electron chi connectivity index (χ3n) is 3.80. The quantitative estimate of drug-likeness (QED) is 0.542. The number of aliphatic hydroxyl groups excluding tert-OH is 2. The van der Waals surface area contributed by atoms with E-state index in [1.165, 1.54) is 0 Å². The van der Waals surface area contributed by atoms with Gasteiger partial charge in [0.05, 0.1) is 28.3 Å². The third kappa shape index (κ3) is 5.39. The Morgan fingerprint density at radius 1 is 1.10 bits per heavy atom. The fourth-order valence-electron chi connectivity index (χ4n) is 2.44. The first-order valence-electron chi connectivity index (χ1n) is 8.89. The summed E-state index contributed by atoms with van der Waals surface area (Å²) in [5.41, 5.74) is 1.21. The van der Waals surface area contributed by atoms with Crippen molar-refractivity contribution in [3.63, 3.8) is 0 Å². The van der Waals surface area contributed by atoms with Crippen molar-refractivity contribution < 1.29 is 24.2 Å². The van der Waals surface area contributed by atoms with E-state index in [-0.39, 0.29) is 25.2 Å². The van der Waals surface area contributed by atoms with Crippen LogP contribution in [0.25, 0.3) is 22.8 Å². The largest absolute Gasteiger partial charge is 0.491 e. The van der Waals surface area contributed by atoms with Gasteiger partial charge in [0.2, 0.25) is 5.82 Å². The number of hydrogen-bond donors (Lipinski definition) is 2. The molecule has 1 heterocycles. The standard InChI is InChI=1S/C20H20Cl2N2O5/c1-11(2)28-18-6-3-12(7-17(18)22)19-23-20(29-24-19)15-5-4-14(8-16(15)21)27-10-13(26)9-25/h3-8,11,13,25-26H,9-10H2,1-2H3/t13-/m1/s1. The molecule has 0 spiro atoms. The number of benzene rings is 2. The number of rotatable bonds is 8. The first-order valence-corrected chi connectivity index (χ1v) is 9.65. The molecule has 0 saturated heterocycles. The van der Waals surface area contributed by atoms with Crippen LogP contribution in [0.4, 0.5) is 0 Å². The summed E-state index contributed by atoms with van der Waals surface area (Å²) in [6.07, 6.45) is -0.952. The predicted molar refractivity (Wildman–Crippen MR) is 110 cm³/mol. The van der Waals surface area contributed by atoms with Gasteiger partial charge in [0, 0.05) is 5.56 Å². The van der Waals surface area contributed by atoms with Gasteiger partial charge >= 0.3 is 0 Å². The lowest BCUT2D eigenvalue weighted by Crippen LogP contribution is -2.21. The molecule has 0 amide bonds. The highest BCUT2D eigenvalue weighted by molar-refractivity contribution is 6.33. The molecule has 0 bridgehead atoms. The first-order chi connectivity index (χ1) is 13.9. The smallest absolute Gasteiger partial charge is 0.259 e. The summed E-state index contributed by atoms with van der Waals surface area (Å²) in [5.74, 6) is 1.63. The fourth-order valence-corrected chi connectivity index (χ4v) is 2.92. The maximum atomic E-state index is 9.35. The van der Waals surface area contributed by atoms with Gasteiger partial charge in [0.15, 0.2) is 0 Å². The normalized spacial score (nSPS) is 12.2. The van der Waals surface area contributed by atoms with Gasteiger partial charge in [-0.3, -0.25) is 0 Å². The van der Waals surface area contributed by atoms with E-state index in [9.17, 15) is 5.11 Å². The van der Waals surface area contributed by atoms with E-state index in [0.29, 0.717) is 38.5 Å². The van der Waals surface area contributed by atoms with Crippen LogP contribution in [0.3, 0.4) is 0 Å². The van der Waals surface area contributed by atoms with E-state index >= 15 is 0 Å². The van der Waals surface area contributed by atoms with Gasteiger partial charge in [-0.25, -0.2) is 0 Å². The molecule has 29 heavy (non-hydrogen) atoms. The van der Waals surface area contributed by atoms with Gasteiger partial charge in [-0.15, -0.1) is 0 Å². The second-order valence-electron chi connectivity index (χ2n) is 6.52. The fraction of sp³-hybridized carbons (Fsp3) is 0.300. The van der Waals surface area contributed by atoms with Crippen LogP contribution in [0.2, 0.25) is 10.0 Å². The van der Waals surface area contributed by atoms with Crippen molar-refractivity contribution >= 4 is 23.2 Å². The molecule has 1 aromatic heterocycles. The van der Waals surface area contributed by atoms with Crippen LogP contribution in [-0.2, 0) is 0 Å². The van der Waals surface area contributed by atoms with Crippen molar-refractivity contribution in [1.82, 2.24) is 10.1 Å². The number of aliphatic hydroxyl groups is 2. The Bertz CT molecular complexity index is 977. The van der Waals surface area contributed by atoms with Crippen LogP contribution in [-0.4, -0.2) is 45.8 Å². The molecule has 3 aromatic rings. The zero-order valence-electron chi connectivity index (χ0n) is 15.8. The van der Waals surface area contributed by atoms with E-state index in [2.05, 4.69) is 10.1 Å².